The SMILES string of the molecule is CC(=O)N(CC(=O)N1CCCC1)C(C)C. The van der Waals surface area contributed by atoms with Gasteiger partial charge in [-0.1, -0.05) is 0 Å². The number of likely N-dealkylation sites (tertiary alicyclic amines) is 1. The molecule has 4 heteroatoms. The highest BCUT2D eigenvalue weighted by atomic mass is 16.2. The maximum Gasteiger partial charge on any atom is 0.242 e. The molecule has 0 aliphatic carbocycles. The first-order chi connectivity index (χ1) is 7.02. The summed E-state index contributed by atoms with van der Waals surface area (Å²) in [4.78, 5) is 26.5. The molecule has 0 radical (unpaired) electrons. The minimum absolute atomic E-state index is 0.0300. The lowest BCUT2D eigenvalue weighted by molar-refractivity contribution is -0.140. The standard InChI is InChI=1S/C11H20N2O2/c1-9(2)13(10(3)14)8-11(15)12-6-4-5-7-12/h9H,4-8H2,1-3H3. The lowest BCUT2D eigenvalue weighted by atomic mass is 10.3. The minimum atomic E-state index is -0.0300. The van der Waals surface area contributed by atoms with Crippen LogP contribution in [0, 0.1) is 0 Å². The summed E-state index contributed by atoms with van der Waals surface area (Å²) in [6.07, 6.45) is 2.18. The Bertz CT molecular complexity index is 245. The van der Waals surface area contributed by atoms with Crippen LogP contribution in [-0.4, -0.2) is 47.3 Å². The molecule has 0 bridgehead atoms. The quantitative estimate of drug-likeness (QED) is 0.696. The average Bonchev–Trinajstić information content (AvgIpc) is 2.65. The fraction of sp³-hybridized carbons (Fsp3) is 0.818. The number of hydrogen-bond acceptors (Lipinski definition) is 2. The van der Waals surface area contributed by atoms with E-state index in [1.807, 2.05) is 18.7 Å². The number of carbonyl (C=O) groups excluding carboxylic acids is 2. The van der Waals surface area contributed by atoms with Crippen LogP contribution in [0.1, 0.15) is 33.6 Å². The minimum Gasteiger partial charge on any atom is -0.341 e. The summed E-state index contributed by atoms with van der Waals surface area (Å²) in [7, 11) is 0. The van der Waals surface area contributed by atoms with Crippen molar-refractivity contribution in [2.45, 2.75) is 39.7 Å². The summed E-state index contributed by atoms with van der Waals surface area (Å²) < 4.78 is 0. The van der Waals surface area contributed by atoms with Crippen molar-refractivity contribution in [3.8, 4) is 0 Å². The Morgan fingerprint density at radius 2 is 1.80 bits per heavy atom. The normalized spacial score (nSPS) is 15.9. The first-order valence-electron chi connectivity index (χ1n) is 5.57. The van der Waals surface area contributed by atoms with E-state index in [4.69, 9.17) is 0 Å². The van der Waals surface area contributed by atoms with Gasteiger partial charge < -0.3 is 9.80 Å². The summed E-state index contributed by atoms with van der Waals surface area (Å²) in [5.41, 5.74) is 0. The van der Waals surface area contributed by atoms with E-state index in [1.165, 1.54) is 6.92 Å². The molecule has 0 unspecified atom stereocenters. The zero-order valence-corrected chi connectivity index (χ0v) is 9.82. The molecule has 4 nitrogen and oxygen atoms in total. The molecule has 1 rings (SSSR count). The summed E-state index contributed by atoms with van der Waals surface area (Å²) in [5.74, 6) is 0.0500. The molecule has 0 aromatic rings. The topological polar surface area (TPSA) is 40.6 Å². The van der Waals surface area contributed by atoms with Crippen LogP contribution >= 0.6 is 0 Å². The highest BCUT2D eigenvalue weighted by Crippen LogP contribution is 2.09. The zero-order chi connectivity index (χ0) is 11.4. The molecule has 1 saturated heterocycles. The third-order valence-corrected chi connectivity index (χ3v) is 2.79. The Kier molecular flexibility index (Phi) is 4.12. The van der Waals surface area contributed by atoms with E-state index < -0.39 is 0 Å². The zero-order valence-electron chi connectivity index (χ0n) is 9.82. The molecule has 0 saturated carbocycles. The van der Waals surface area contributed by atoms with Gasteiger partial charge in [0.25, 0.3) is 0 Å². The van der Waals surface area contributed by atoms with Crippen LogP contribution in [0.25, 0.3) is 0 Å². The second-order valence-corrected chi connectivity index (χ2v) is 4.33. The molecule has 1 fully saturated rings. The fourth-order valence-corrected chi connectivity index (χ4v) is 1.87. The van der Waals surface area contributed by atoms with E-state index in [9.17, 15) is 9.59 Å². The lowest BCUT2D eigenvalue weighted by Gasteiger charge is -2.27. The second kappa shape index (κ2) is 5.14. The van der Waals surface area contributed by atoms with E-state index in [2.05, 4.69) is 0 Å². The van der Waals surface area contributed by atoms with Crippen molar-refractivity contribution in [1.29, 1.82) is 0 Å². The third-order valence-electron chi connectivity index (χ3n) is 2.79. The molecule has 0 atom stereocenters. The fourth-order valence-electron chi connectivity index (χ4n) is 1.87. The van der Waals surface area contributed by atoms with Crippen molar-refractivity contribution < 1.29 is 9.59 Å². The summed E-state index contributed by atoms with van der Waals surface area (Å²) in [6, 6.07) is 0.0917. The number of amides is 2. The largest absolute Gasteiger partial charge is 0.341 e. The number of carbonyl (C=O) groups is 2. The first-order valence-corrected chi connectivity index (χ1v) is 5.57. The van der Waals surface area contributed by atoms with Gasteiger partial charge in [-0.05, 0) is 26.7 Å². The highest BCUT2D eigenvalue weighted by molar-refractivity contribution is 5.84. The van der Waals surface area contributed by atoms with Crippen LogP contribution in [0.5, 0.6) is 0 Å². The molecule has 15 heavy (non-hydrogen) atoms. The van der Waals surface area contributed by atoms with Gasteiger partial charge in [-0.3, -0.25) is 9.59 Å². The van der Waals surface area contributed by atoms with E-state index in [0.717, 1.165) is 25.9 Å². The van der Waals surface area contributed by atoms with Crippen LogP contribution in [0.15, 0.2) is 0 Å². The smallest absolute Gasteiger partial charge is 0.242 e. The predicted molar refractivity (Wildman–Crippen MR) is 58.3 cm³/mol. The van der Waals surface area contributed by atoms with Crippen molar-refractivity contribution in [2.24, 2.45) is 0 Å². The number of hydrogen-bond donors (Lipinski definition) is 0. The van der Waals surface area contributed by atoms with Gasteiger partial charge in [0.15, 0.2) is 0 Å². The van der Waals surface area contributed by atoms with E-state index >= 15 is 0 Å². The molecule has 2 amide bonds. The van der Waals surface area contributed by atoms with Crippen LogP contribution in [0.2, 0.25) is 0 Å². The van der Waals surface area contributed by atoms with Gasteiger partial charge in [0.1, 0.15) is 0 Å². The van der Waals surface area contributed by atoms with E-state index in [-0.39, 0.29) is 24.4 Å². The Morgan fingerprint density at radius 3 is 2.20 bits per heavy atom. The maximum absolute atomic E-state index is 11.8. The van der Waals surface area contributed by atoms with Gasteiger partial charge in [0.2, 0.25) is 11.8 Å². The Balaban J connectivity index is 2.50. The Morgan fingerprint density at radius 1 is 1.27 bits per heavy atom. The van der Waals surface area contributed by atoms with Crippen molar-refractivity contribution in [1.82, 2.24) is 9.80 Å². The molecule has 0 aromatic heterocycles. The molecule has 1 heterocycles. The molecule has 1 aliphatic heterocycles. The third kappa shape index (κ3) is 3.22. The van der Waals surface area contributed by atoms with Crippen molar-refractivity contribution in [2.75, 3.05) is 19.6 Å². The lowest BCUT2D eigenvalue weighted by Crippen LogP contribution is -2.44. The van der Waals surface area contributed by atoms with Crippen molar-refractivity contribution in [3.63, 3.8) is 0 Å². The summed E-state index contributed by atoms with van der Waals surface area (Å²) >= 11 is 0. The molecule has 86 valence electrons. The molecule has 0 spiro atoms. The molecular weight excluding hydrogens is 192 g/mol. The van der Waals surface area contributed by atoms with Gasteiger partial charge in [0.05, 0.1) is 6.54 Å². The van der Waals surface area contributed by atoms with Crippen LogP contribution in [-0.2, 0) is 9.59 Å². The monoisotopic (exact) mass is 212 g/mol. The van der Waals surface area contributed by atoms with Crippen LogP contribution in [0.4, 0.5) is 0 Å². The number of rotatable bonds is 3. The number of nitrogens with zero attached hydrogens (tertiary/aromatic N) is 2. The predicted octanol–water partition coefficient (Wildman–Crippen LogP) is 0.866. The van der Waals surface area contributed by atoms with E-state index in [1.54, 1.807) is 4.90 Å². The first kappa shape index (κ1) is 12.0. The van der Waals surface area contributed by atoms with Gasteiger partial charge in [-0.25, -0.2) is 0 Å². The maximum atomic E-state index is 11.8. The van der Waals surface area contributed by atoms with Crippen LogP contribution < -0.4 is 0 Å². The Labute approximate surface area is 91.2 Å². The molecule has 1 aliphatic rings. The van der Waals surface area contributed by atoms with Crippen molar-refractivity contribution >= 4 is 11.8 Å². The summed E-state index contributed by atoms with van der Waals surface area (Å²) in [6.45, 7) is 7.30. The average molecular weight is 212 g/mol. The van der Waals surface area contributed by atoms with Gasteiger partial charge in [0, 0.05) is 26.1 Å². The molecular formula is C11H20N2O2. The summed E-state index contributed by atoms with van der Waals surface area (Å²) in [5, 5.41) is 0. The molecule has 0 N–H and O–H groups in total. The van der Waals surface area contributed by atoms with Crippen LogP contribution in [0.3, 0.4) is 0 Å². The van der Waals surface area contributed by atoms with Gasteiger partial charge in [-0.15, -0.1) is 0 Å². The van der Waals surface area contributed by atoms with Gasteiger partial charge in [-0.2, -0.15) is 0 Å². The molecule has 0 aromatic carbocycles. The Hall–Kier alpha value is -1.06. The highest BCUT2D eigenvalue weighted by Gasteiger charge is 2.22. The van der Waals surface area contributed by atoms with Crippen molar-refractivity contribution in [3.05, 3.63) is 0 Å². The van der Waals surface area contributed by atoms with Gasteiger partial charge >= 0.3 is 0 Å². The second-order valence-electron chi connectivity index (χ2n) is 4.33. The van der Waals surface area contributed by atoms with E-state index in [0.29, 0.717) is 0 Å².